The topological polar surface area (TPSA) is 265 Å². The van der Waals surface area contributed by atoms with E-state index in [1.165, 1.54) is 0 Å². The van der Waals surface area contributed by atoms with E-state index in [1.54, 1.807) is 12.2 Å². The van der Waals surface area contributed by atoms with Gasteiger partial charge in [-0.2, -0.15) is 0 Å². The Labute approximate surface area is 388 Å². The molecule has 0 amide bonds. The van der Waals surface area contributed by atoms with Gasteiger partial charge < -0.3 is 64.2 Å². The summed E-state index contributed by atoms with van der Waals surface area (Å²) in [5.41, 5.74) is 0. The van der Waals surface area contributed by atoms with Crippen molar-refractivity contribution in [2.24, 2.45) is 23.7 Å². The monoisotopic (exact) mass is 937 g/mol. The van der Waals surface area contributed by atoms with E-state index in [-0.39, 0.29) is 54.7 Å². The number of allylic oxidation sites excluding steroid dienone is 8. The van der Waals surface area contributed by atoms with Gasteiger partial charge in [0.15, 0.2) is 30.3 Å². The van der Waals surface area contributed by atoms with Crippen molar-refractivity contribution >= 4 is 23.5 Å². The number of ketones is 2. The summed E-state index contributed by atoms with van der Waals surface area (Å²) in [7, 11) is 0. The maximum atomic E-state index is 13.1. The van der Waals surface area contributed by atoms with Gasteiger partial charge in [0.2, 0.25) is 0 Å². The van der Waals surface area contributed by atoms with Gasteiger partial charge in [-0.15, -0.1) is 0 Å². The maximum absolute atomic E-state index is 13.1. The lowest BCUT2D eigenvalue weighted by Gasteiger charge is -2.42. The van der Waals surface area contributed by atoms with Crippen molar-refractivity contribution < 1.29 is 83.3 Å². The number of unbranched alkanes of at least 4 members (excludes halogenated alkanes) is 6. The van der Waals surface area contributed by atoms with E-state index in [9.17, 15) is 54.9 Å². The Morgan fingerprint density at radius 2 is 1.09 bits per heavy atom. The van der Waals surface area contributed by atoms with E-state index in [0.29, 0.717) is 25.7 Å². The molecule has 4 unspecified atom stereocenters. The standard InChI is InChI=1S/C49H76O17/c1-3-5-11-19-34-31(23-25-36(34)51)17-13-8-7-9-15-21-40(53)61-28-33(64-41(54)22-16-10-14-18-32-24-26-37(52)35(32)20-12-6-4-2)29-62-48-47(60)45(58)43(56)39(66-48)30-63-49-46(59)44(57)42(55)38(27-50)65-49/h5-6,11-12,23-26,31-35,38-39,42-50,55-60H,3-4,7-10,13-22,27-30H2,1-2H3/b11-5-,12-6-/t31?,32?,33-,34?,35?,38-,39-,42+,43+,44+,45+,46-,47-,48-,49+/m1/s1. The molecule has 0 saturated carbocycles. The second-order valence-corrected chi connectivity index (χ2v) is 17.9. The molecule has 2 heterocycles. The molecule has 2 aliphatic heterocycles. The Hall–Kier alpha value is -3.20. The van der Waals surface area contributed by atoms with E-state index in [2.05, 4.69) is 31.2 Å². The van der Waals surface area contributed by atoms with Crippen LogP contribution in [0.15, 0.2) is 48.6 Å². The first-order chi connectivity index (χ1) is 31.8. The van der Waals surface area contributed by atoms with Crippen LogP contribution in [0.1, 0.15) is 117 Å². The number of aliphatic hydroxyl groups is 7. The molecule has 17 nitrogen and oxygen atoms in total. The van der Waals surface area contributed by atoms with Crippen LogP contribution in [0.5, 0.6) is 0 Å². The fraction of sp³-hybridized carbons (Fsp3) is 0.755. The van der Waals surface area contributed by atoms with E-state index < -0.39 is 99.3 Å². The van der Waals surface area contributed by atoms with Gasteiger partial charge in [-0.05, 0) is 75.4 Å². The van der Waals surface area contributed by atoms with Crippen LogP contribution in [0, 0.1) is 23.7 Å². The van der Waals surface area contributed by atoms with Crippen molar-refractivity contribution in [2.75, 3.05) is 26.4 Å². The summed E-state index contributed by atoms with van der Waals surface area (Å²) >= 11 is 0. The molecule has 66 heavy (non-hydrogen) atoms. The zero-order valence-corrected chi connectivity index (χ0v) is 38.6. The molecule has 17 heteroatoms. The molecule has 4 rings (SSSR count). The molecule has 0 bridgehead atoms. The fourth-order valence-electron chi connectivity index (χ4n) is 8.78. The zero-order chi connectivity index (χ0) is 48.0. The molecule has 7 N–H and O–H groups in total. The van der Waals surface area contributed by atoms with Gasteiger partial charge in [0.1, 0.15) is 55.4 Å². The molecule has 4 aliphatic rings. The molecule has 2 fully saturated rings. The van der Waals surface area contributed by atoms with E-state index >= 15 is 0 Å². The third-order valence-electron chi connectivity index (χ3n) is 12.8. The van der Waals surface area contributed by atoms with Crippen LogP contribution in [0.3, 0.4) is 0 Å². The minimum Gasteiger partial charge on any atom is -0.462 e. The lowest BCUT2D eigenvalue weighted by molar-refractivity contribution is -0.332. The van der Waals surface area contributed by atoms with E-state index in [1.807, 2.05) is 19.1 Å². The molecule has 374 valence electrons. The Morgan fingerprint density at radius 1 is 0.606 bits per heavy atom. The molecule has 2 saturated heterocycles. The maximum Gasteiger partial charge on any atom is 0.306 e. The summed E-state index contributed by atoms with van der Waals surface area (Å²) in [6, 6.07) is 0. The van der Waals surface area contributed by atoms with Crippen molar-refractivity contribution in [3.05, 3.63) is 48.6 Å². The van der Waals surface area contributed by atoms with E-state index in [4.69, 9.17) is 28.4 Å². The van der Waals surface area contributed by atoms with Crippen LogP contribution >= 0.6 is 0 Å². The Morgan fingerprint density at radius 3 is 1.65 bits per heavy atom. The van der Waals surface area contributed by atoms with Crippen LogP contribution in [0.25, 0.3) is 0 Å². The molecule has 0 aromatic rings. The van der Waals surface area contributed by atoms with Crippen molar-refractivity contribution in [3.8, 4) is 0 Å². The minimum atomic E-state index is -1.81. The van der Waals surface area contributed by atoms with Gasteiger partial charge >= 0.3 is 11.9 Å². The number of ether oxygens (including phenoxy) is 6. The highest BCUT2D eigenvalue weighted by Crippen LogP contribution is 2.32. The first kappa shape index (κ1) is 55.4. The predicted molar refractivity (Wildman–Crippen MR) is 239 cm³/mol. The fourth-order valence-corrected chi connectivity index (χ4v) is 8.78. The first-order valence-electron chi connectivity index (χ1n) is 24.1. The van der Waals surface area contributed by atoms with E-state index in [0.717, 1.165) is 64.2 Å². The molecule has 0 radical (unpaired) electrons. The van der Waals surface area contributed by atoms with Gasteiger partial charge in [-0.1, -0.05) is 88.8 Å². The average Bonchev–Trinajstić information content (AvgIpc) is 3.84. The number of esters is 2. The second-order valence-electron chi connectivity index (χ2n) is 17.9. The van der Waals surface area contributed by atoms with Crippen molar-refractivity contribution in [3.63, 3.8) is 0 Å². The number of rotatable bonds is 30. The summed E-state index contributed by atoms with van der Waals surface area (Å²) in [6.45, 7) is 2.03. The Balaban J connectivity index is 1.25. The van der Waals surface area contributed by atoms with Crippen LogP contribution in [0.4, 0.5) is 0 Å². The number of aliphatic hydroxyl groups excluding tert-OH is 7. The number of hydrogen-bond acceptors (Lipinski definition) is 17. The number of hydrogen-bond donors (Lipinski definition) is 7. The average molecular weight is 937 g/mol. The quantitative estimate of drug-likeness (QED) is 0.0310. The molecular formula is C49H76O17. The van der Waals surface area contributed by atoms with Crippen molar-refractivity contribution in [2.45, 2.75) is 184 Å². The number of carbonyl (C=O) groups excluding carboxylic acids is 4. The lowest BCUT2D eigenvalue weighted by Crippen LogP contribution is -2.61. The lowest BCUT2D eigenvalue weighted by atomic mass is 9.87. The summed E-state index contributed by atoms with van der Waals surface area (Å²) in [6.07, 6.45) is 9.83. The van der Waals surface area contributed by atoms with Crippen LogP contribution in [-0.2, 0) is 47.6 Å². The Kier molecular flexibility index (Phi) is 24.9. The highest BCUT2D eigenvalue weighted by atomic mass is 16.7. The molecule has 0 aromatic carbocycles. The SMILES string of the molecule is CC/C=C\CC1C(=O)C=CC1CCCCCCCC(=O)OC[C@H](CO[C@@H]1O[C@H](CO[C@H]2O[C@H](CO)[C@H](O)[C@H](O)[C@H]2O)[C@H](O)[C@H](O)[C@H]1O)OC(=O)CCCCCC1C=CC(=O)C1C/C=C\CC. The molecule has 2 aliphatic carbocycles. The third-order valence-corrected chi connectivity index (χ3v) is 12.8. The molecule has 15 atom stereocenters. The van der Waals surface area contributed by atoms with Crippen LogP contribution in [0.2, 0.25) is 0 Å². The highest BCUT2D eigenvalue weighted by Gasteiger charge is 2.48. The van der Waals surface area contributed by atoms with Gasteiger partial charge in [0.25, 0.3) is 0 Å². The summed E-state index contributed by atoms with van der Waals surface area (Å²) in [5.74, 6) is -0.391. The van der Waals surface area contributed by atoms with Gasteiger partial charge in [0.05, 0.1) is 19.8 Å². The van der Waals surface area contributed by atoms with Gasteiger partial charge in [-0.25, -0.2) is 0 Å². The smallest absolute Gasteiger partial charge is 0.306 e. The number of carbonyl (C=O) groups is 4. The predicted octanol–water partition coefficient (Wildman–Crippen LogP) is 3.22. The normalized spacial score (nSPS) is 32.8. The Bertz CT molecular complexity index is 1590. The molecule has 0 aromatic heterocycles. The molecular weight excluding hydrogens is 861 g/mol. The van der Waals surface area contributed by atoms with Crippen molar-refractivity contribution in [1.29, 1.82) is 0 Å². The highest BCUT2D eigenvalue weighted by molar-refractivity contribution is 5.95. The zero-order valence-electron chi connectivity index (χ0n) is 38.6. The summed E-state index contributed by atoms with van der Waals surface area (Å²) in [4.78, 5) is 50.6. The summed E-state index contributed by atoms with van der Waals surface area (Å²) in [5, 5.41) is 72.1. The van der Waals surface area contributed by atoms with Crippen LogP contribution in [-0.4, -0.2) is 153 Å². The largest absolute Gasteiger partial charge is 0.462 e. The summed E-state index contributed by atoms with van der Waals surface area (Å²) < 4.78 is 33.5. The van der Waals surface area contributed by atoms with Gasteiger partial charge in [0, 0.05) is 24.7 Å². The van der Waals surface area contributed by atoms with Crippen molar-refractivity contribution in [1.82, 2.24) is 0 Å². The third kappa shape index (κ3) is 17.4. The second kappa shape index (κ2) is 29.6. The minimum absolute atomic E-state index is 0.0185. The van der Waals surface area contributed by atoms with Crippen LogP contribution < -0.4 is 0 Å². The molecule has 0 spiro atoms. The first-order valence-corrected chi connectivity index (χ1v) is 24.1. The van der Waals surface area contributed by atoms with Gasteiger partial charge in [-0.3, -0.25) is 19.2 Å².